The van der Waals surface area contributed by atoms with Gasteiger partial charge in [-0.3, -0.25) is 29.8 Å². The van der Waals surface area contributed by atoms with Crippen LogP contribution < -0.4 is 0 Å². The van der Waals surface area contributed by atoms with Gasteiger partial charge < -0.3 is 0 Å². The third kappa shape index (κ3) is 3.48. The highest BCUT2D eigenvalue weighted by atomic mass is 19.1. The zero-order valence-corrected chi connectivity index (χ0v) is 11.8. The second-order valence-electron chi connectivity index (χ2n) is 4.65. The molecular weight excluding hydrogens is 299 g/mol. The summed E-state index contributed by atoms with van der Waals surface area (Å²) in [6, 6.07) is 2.20. The fraction of sp³-hybridized carbons (Fsp3) is 0.385. The zero-order chi connectivity index (χ0) is 17.0. The lowest BCUT2D eigenvalue weighted by Crippen LogP contribution is -2.30. The summed E-state index contributed by atoms with van der Waals surface area (Å²) in [7, 11) is 0. The van der Waals surface area contributed by atoms with Gasteiger partial charge in [0.15, 0.2) is 5.78 Å². The van der Waals surface area contributed by atoms with Crippen LogP contribution in [0.25, 0.3) is 0 Å². The van der Waals surface area contributed by atoms with Crippen molar-refractivity contribution in [1.82, 2.24) is 0 Å². The van der Waals surface area contributed by atoms with Crippen molar-refractivity contribution in [2.45, 2.75) is 26.4 Å². The molecule has 0 N–H and O–H groups in total. The van der Waals surface area contributed by atoms with Gasteiger partial charge in [0.05, 0.1) is 21.5 Å². The highest BCUT2D eigenvalue weighted by Gasteiger charge is 2.34. The Morgan fingerprint density at radius 3 is 2.27 bits per heavy atom. The van der Waals surface area contributed by atoms with Crippen LogP contribution in [-0.4, -0.2) is 27.6 Å². The first kappa shape index (κ1) is 17.3. The maximum Gasteiger partial charge on any atom is 0.287 e. The van der Waals surface area contributed by atoms with Crippen LogP contribution in [-0.2, 0) is 4.79 Å². The van der Waals surface area contributed by atoms with E-state index in [0.717, 1.165) is 12.1 Å². The van der Waals surface area contributed by atoms with Gasteiger partial charge in [-0.1, -0.05) is 13.8 Å². The molecule has 0 radical (unpaired) electrons. The summed E-state index contributed by atoms with van der Waals surface area (Å²) in [5.74, 6) is -3.05. The molecule has 0 aliphatic rings. The molecule has 8 nitrogen and oxygen atoms in total. The number of hydrogen-bond donors (Lipinski definition) is 0. The average Bonchev–Trinajstić information content (AvgIpc) is 2.50. The molecule has 0 aliphatic heterocycles. The number of halogens is 1. The summed E-state index contributed by atoms with van der Waals surface area (Å²) in [6.45, 7) is 3.07. The third-order valence-electron chi connectivity index (χ3n) is 3.23. The van der Waals surface area contributed by atoms with Gasteiger partial charge in [-0.05, 0) is 12.5 Å². The maximum atomic E-state index is 14.0. The molecule has 0 saturated carbocycles. The van der Waals surface area contributed by atoms with Gasteiger partial charge in [-0.15, -0.1) is 0 Å². The van der Waals surface area contributed by atoms with Crippen molar-refractivity contribution in [3.63, 3.8) is 0 Å². The summed E-state index contributed by atoms with van der Waals surface area (Å²) < 4.78 is 14.0. The Kier molecular flexibility index (Phi) is 5.39. The minimum Gasteiger partial charge on any atom is -0.296 e. The normalized spacial score (nSPS) is 13.2. The van der Waals surface area contributed by atoms with Gasteiger partial charge in [-0.2, -0.15) is 0 Å². The summed E-state index contributed by atoms with van der Waals surface area (Å²) >= 11 is 0. The third-order valence-corrected chi connectivity index (χ3v) is 3.23. The number of rotatable bonds is 7. The Hall–Kier alpha value is -2.71. The minimum absolute atomic E-state index is 0.314. The van der Waals surface area contributed by atoms with E-state index in [2.05, 4.69) is 0 Å². The Balaban J connectivity index is 3.25. The van der Waals surface area contributed by atoms with Crippen molar-refractivity contribution in [2.24, 2.45) is 5.92 Å². The maximum absolute atomic E-state index is 14.0. The largest absolute Gasteiger partial charge is 0.296 e. The number of carbonyl (C=O) groups excluding carboxylic acids is 2. The second kappa shape index (κ2) is 6.83. The quantitative estimate of drug-likeness (QED) is 0.330. The summed E-state index contributed by atoms with van der Waals surface area (Å²) in [4.78, 5) is 43.2. The van der Waals surface area contributed by atoms with E-state index in [1.54, 1.807) is 6.92 Å². The van der Waals surface area contributed by atoms with Gasteiger partial charge >= 0.3 is 0 Å². The Morgan fingerprint density at radius 2 is 1.82 bits per heavy atom. The molecular formula is C13H13FN2O6. The average molecular weight is 312 g/mol. The zero-order valence-electron chi connectivity index (χ0n) is 11.8. The SMILES string of the molecule is CCC(C)C(=O)C(F)C(=O)c1ccc([N+](=O)[O-])cc1[N+](=O)[O-]. The lowest BCUT2D eigenvalue weighted by Gasteiger charge is -2.11. The number of Topliss-reactive ketones (excluding diaryl/α,β-unsaturated/α-hetero) is 2. The van der Waals surface area contributed by atoms with Crippen LogP contribution in [0.5, 0.6) is 0 Å². The van der Waals surface area contributed by atoms with Crippen molar-refractivity contribution < 1.29 is 23.8 Å². The van der Waals surface area contributed by atoms with E-state index in [9.17, 15) is 34.2 Å². The Labute approximate surface area is 124 Å². The van der Waals surface area contributed by atoms with E-state index >= 15 is 0 Å². The molecule has 0 aromatic heterocycles. The number of carbonyl (C=O) groups is 2. The molecule has 0 saturated heterocycles. The molecule has 1 aromatic carbocycles. The molecule has 2 unspecified atom stereocenters. The van der Waals surface area contributed by atoms with Crippen molar-refractivity contribution in [2.75, 3.05) is 0 Å². The standard InChI is InChI=1S/C13H13FN2O6/c1-3-7(2)12(17)11(14)13(18)9-5-4-8(15(19)20)6-10(9)16(21)22/h4-7,11H,3H2,1-2H3. The van der Waals surface area contributed by atoms with E-state index in [0.29, 0.717) is 12.5 Å². The van der Waals surface area contributed by atoms with Crippen LogP contribution in [0.2, 0.25) is 0 Å². The molecule has 0 spiro atoms. The number of ketones is 2. The highest BCUT2D eigenvalue weighted by Crippen LogP contribution is 2.27. The molecule has 0 heterocycles. The van der Waals surface area contributed by atoms with Crippen LogP contribution in [0, 0.1) is 26.1 Å². The first-order chi connectivity index (χ1) is 10.2. The molecule has 0 amide bonds. The molecule has 0 fully saturated rings. The molecule has 0 aliphatic carbocycles. The Bertz CT molecular complexity index is 645. The predicted molar refractivity (Wildman–Crippen MR) is 73.4 cm³/mol. The van der Waals surface area contributed by atoms with Gasteiger partial charge in [0.1, 0.15) is 0 Å². The fourth-order valence-corrected chi connectivity index (χ4v) is 1.71. The first-order valence-electron chi connectivity index (χ1n) is 6.35. The number of alkyl halides is 1. The van der Waals surface area contributed by atoms with Crippen molar-refractivity contribution in [3.8, 4) is 0 Å². The number of non-ortho nitro benzene ring substituents is 1. The molecule has 22 heavy (non-hydrogen) atoms. The van der Waals surface area contributed by atoms with Gasteiger partial charge in [0.2, 0.25) is 12.0 Å². The number of benzene rings is 1. The molecule has 0 bridgehead atoms. The molecule has 1 rings (SSSR count). The van der Waals surface area contributed by atoms with Crippen LogP contribution in [0.3, 0.4) is 0 Å². The number of nitro groups is 2. The fourth-order valence-electron chi connectivity index (χ4n) is 1.71. The van der Waals surface area contributed by atoms with E-state index in [1.165, 1.54) is 6.92 Å². The van der Waals surface area contributed by atoms with E-state index in [4.69, 9.17) is 0 Å². The smallest absolute Gasteiger partial charge is 0.287 e. The van der Waals surface area contributed by atoms with Gasteiger partial charge in [-0.25, -0.2) is 4.39 Å². The van der Waals surface area contributed by atoms with E-state index in [1.807, 2.05) is 0 Å². The monoisotopic (exact) mass is 312 g/mol. The highest BCUT2D eigenvalue weighted by molar-refractivity contribution is 6.15. The van der Waals surface area contributed by atoms with Crippen molar-refractivity contribution in [3.05, 3.63) is 44.0 Å². The molecule has 9 heteroatoms. The number of nitro benzene ring substituents is 2. The van der Waals surface area contributed by atoms with Crippen LogP contribution in [0.4, 0.5) is 15.8 Å². The van der Waals surface area contributed by atoms with E-state index < -0.39 is 50.4 Å². The van der Waals surface area contributed by atoms with Gasteiger partial charge in [0, 0.05) is 12.0 Å². The minimum atomic E-state index is -2.53. The predicted octanol–water partition coefficient (Wildman–Crippen LogP) is 2.64. The lowest BCUT2D eigenvalue weighted by atomic mass is 9.94. The lowest BCUT2D eigenvalue weighted by molar-refractivity contribution is -0.394. The summed E-state index contributed by atoms with van der Waals surface area (Å²) in [5, 5.41) is 21.5. The van der Waals surface area contributed by atoms with Crippen molar-refractivity contribution in [1.29, 1.82) is 0 Å². The summed E-state index contributed by atoms with van der Waals surface area (Å²) in [6.07, 6.45) is -2.22. The first-order valence-corrected chi connectivity index (χ1v) is 6.35. The Morgan fingerprint density at radius 1 is 1.23 bits per heavy atom. The molecule has 118 valence electrons. The number of hydrogen-bond acceptors (Lipinski definition) is 6. The van der Waals surface area contributed by atoms with Crippen molar-refractivity contribution >= 4 is 22.9 Å². The van der Waals surface area contributed by atoms with Crippen LogP contribution in [0.15, 0.2) is 18.2 Å². The topological polar surface area (TPSA) is 120 Å². The molecule has 2 atom stereocenters. The summed E-state index contributed by atoms with van der Waals surface area (Å²) in [5.41, 5.74) is -2.18. The number of nitrogens with zero attached hydrogens (tertiary/aromatic N) is 2. The van der Waals surface area contributed by atoms with Crippen LogP contribution >= 0.6 is 0 Å². The second-order valence-corrected chi connectivity index (χ2v) is 4.65. The van der Waals surface area contributed by atoms with E-state index in [-0.39, 0.29) is 0 Å². The molecule has 1 aromatic rings. The van der Waals surface area contributed by atoms with Crippen LogP contribution in [0.1, 0.15) is 30.6 Å². The van der Waals surface area contributed by atoms with Gasteiger partial charge in [0.25, 0.3) is 11.4 Å².